The molecule has 21 heavy (non-hydrogen) atoms. The second-order valence-electron chi connectivity index (χ2n) is 4.64. The van der Waals surface area contributed by atoms with Crippen LogP contribution in [-0.4, -0.2) is 28.0 Å². The van der Waals surface area contributed by atoms with Crippen molar-refractivity contribution in [3.05, 3.63) is 46.2 Å². The van der Waals surface area contributed by atoms with Crippen LogP contribution in [0.15, 0.2) is 39.7 Å². The number of rotatable bonds is 6. The van der Waals surface area contributed by atoms with Crippen LogP contribution in [0.25, 0.3) is 0 Å². The molecule has 0 saturated heterocycles. The summed E-state index contributed by atoms with van der Waals surface area (Å²) in [5, 5.41) is 7.16. The average molecular weight is 368 g/mol. The fraction of sp³-hybridized carbons (Fsp3) is 0.333. The number of hydrogen-bond donors (Lipinski definition) is 1. The molecule has 0 unspecified atom stereocenters. The summed E-state index contributed by atoms with van der Waals surface area (Å²) >= 11 is 5.21. The molecule has 0 aliphatic carbocycles. The van der Waals surface area contributed by atoms with Gasteiger partial charge in [-0.3, -0.25) is 9.48 Å². The molecule has 6 heteroatoms. The van der Waals surface area contributed by atoms with Crippen LogP contribution in [0, 0.1) is 6.92 Å². The summed E-state index contributed by atoms with van der Waals surface area (Å²) in [5.74, 6) is 0.894. The van der Waals surface area contributed by atoms with Crippen molar-refractivity contribution in [1.29, 1.82) is 0 Å². The van der Waals surface area contributed by atoms with Crippen LogP contribution in [0.3, 0.4) is 0 Å². The fourth-order valence-electron chi connectivity index (χ4n) is 1.94. The fourth-order valence-corrected chi connectivity index (χ4v) is 3.33. The molecule has 0 fully saturated rings. The third kappa shape index (κ3) is 4.35. The zero-order valence-electron chi connectivity index (χ0n) is 12.1. The van der Waals surface area contributed by atoms with Crippen molar-refractivity contribution in [2.75, 3.05) is 12.3 Å². The van der Waals surface area contributed by atoms with E-state index >= 15 is 0 Å². The van der Waals surface area contributed by atoms with Crippen molar-refractivity contribution >= 4 is 33.6 Å². The minimum atomic E-state index is -0.0883. The number of halogens is 1. The van der Waals surface area contributed by atoms with E-state index in [1.165, 1.54) is 4.90 Å². The van der Waals surface area contributed by atoms with Crippen LogP contribution in [0.2, 0.25) is 0 Å². The van der Waals surface area contributed by atoms with Gasteiger partial charge in [0.05, 0.1) is 10.2 Å². The Hall–Kier alpha value is -1.27. The minimum Gasteiger partial charge on any atom is -0.351 e. The van der Waals surface area contributed by atoms with Crippen LogP contribution in [-0.2, 0) is 7.05 Å². The zero-order chi connectivity index (χ0) is 15.2. The molecule has 1 amide bonds. The van der Waals surface area contributed by atoms with Gasteiger partial charge in [-0.15, -0.1) is 11.8 Å². The van der Waals surface area contributed by atoms with E-state index in [-0.39, 0.29) is 5.91 Å². The summed E-state index contributed by atoms with van der Waals surface area (Å²) in [7, 11) is 1.78. The minimum absolute atomic E-state index is 0.0883. The lowest BCUT2D eigenvalue weighted by atomic mass is 10.3. The monoisotopic (exact) mass is 367 g/mol. The normalized spacial score (nSPS) is 10.6. The van der Waals surface area contributed by atoms with Gasteiger partial charge in [0.25, 0.3) is 5.91 Å². The van der Waals surface area contributed by atoms with Gasteiger partial charge in [-0.2, -0.15) is 5.10 Å². The molecule has 0 bridgehead atoms. The topological polar surface area (TPSA) is 46.9 Å². The predicted octanol–water partition coefficient (Wildman–Crippen LogP) is 3.40. The smallest absolute Gasteiger partial charge is 0.270 e. The Labute approximate surface area is 137 Å². The van der Waals surface area contributed by atoms with Gasteiger partial charge >= 0.3 is 0 Å². The first-order valence-electron chi connectivity index (χ1n) is 6.74. The zero-order valence-corrected chi connectivity index (χ0v) is 14.5. The van der Waals surface area contributed by atoms with Crippen molar-refractivity contribution < 1.29 is 4.79 Å². The summed E-state index contributed by atoms with van der Waals surface area (Å²) < 4.78 is 2.37. The third-order valence-corrected chi connectivity index (χ3v) is 5.03. The van der Waals surface area contributed by atoms with Gasteiger partial charge < -0.3 is 5.32 Å². The number of carbonyl (C=O) groups is 1. The molecular formula is C15H18BrN3OS. The molecule has 2 aromatic rings. The lowest BCUT2D eigenvalue weighted by Crippen LogP contribution is -2.27. The molecule has 0 aliphatic heterocycles. The first-order valence-corrected chi connectivity index (χ1v) is 8.52. The molecule has 0 aliphatic rings. The summed E-state index contributed by atoms with van der Waals surface area (Å²) in [4.78, 5) is 13.4. The van der Waals surface area contributed by atoms with E-state index in [1.807, 2.05) is 25.1 Å². The number of aryl methyl sites for hydroxylation is 2. The lowest BCUT2D eigenvalue weighted by molar-refractivity contribution is 0.0943. The van der Waals surface area contributed by atoms with Gasteiger partial charge in [-0.25, -0.2) is 0 Å². The summed E-state index contributed by atoms with van der Waals surface area (Å²) in [6.45, 7) is 2.53. The van der Waals surface area contributed by atoms with E-state index in [0.717, 1.165) is 22.3 Å². The van der Waals surface area contributed by atoms with Crippen LogP contribution in [0.5, 0.6) is 0 Å². The molecule has 1 N–H and O–H groups in total. The molecule has 0 atom stereocenters. The van der Waals surface area contributed by atoms with Crippen LogP contribution < -0.4 is 5.32 Å². The van der Waals surface area contributed by atoms with Gasteiger partial charge in [0.15, 0.2) is 0 Å². The van der Waals surface area contributed by atoms with E-state index < -0.39 is 0 Å². The first kappa shape index (κ1) is 16.1. The van der Waals surface area contributed by atoms with Crippen LogP contribution >= 0.6 is 27.7 Å². The highest BCUT2D eigenvalue weighted by atomic mass is 79.9. The Kier molecular flexibility index (Phi) is 5.87. The van der Waals surface area contributed by atoms with E-state index in [0.29, 0.717) is 12.2 Å². The summed E-state index contributed by atoms with van der Waals surface area (Å²) in [5.41, 5.74) is 1.39. The Balaban J connectivity index is 1.75. The van der Waals surface area contributed by atoms with E-state index in [4.69, 9.17) is 0 Å². The van der Waals surface area contributed by atoms with Gasteiger partial charge in [0.1, 0.15) is 5.69 Å². The van der Waals surface area contributed by atoms with Crippen molar-refractivity contribution in [3.8, 4) is 0 Å². The number of benzene rings is 1. The van der Waals surface area contributed by atoms with Crippen molar-refractivity contribution in [3.63, 3.8) is 0 Å². The quantitative estimate of drug-likeness (QED) is 0.628. The molecular weight excluding hydrogens is 350 g/mol. The number of aromatic nitrogens is 2. The molecule has 1 aromatic heterocycles. The number of nitrogens with one attached hydrogen (secondary N) is 1. The number of thioether (sulfide) groups is 1. The van der Waals surface area contributed by atoms with Crippen molar-refractivity contribution in [2.45, 2.75) is 18.2 Å². The largest absolute Gasteiger partial charge is 0.351 e. The first-order chi connectivity index (χ1) is 10.1. The second-order valence-corrected chi connectivity index (χ2v) is 6.60. The molecule has 112 valence electrons. The van der Waals surface area contributed by atoms with E-state index in [9.17, 15) is 4.79 Å². The maximum absolute atomic E-state index is 12.1. The Morgan fingerprint density at radius 3 is 2.71 bits per heavy atom. The molecule has 4 nitrogen and oxygen atoms in total. The van der Waals surface area contributed by atoms with Crippen molar-refractivity contribution in [1.82, 2.24) is 15.1 Å². The summed E-state index contributed by atoms with van der Waals surface area (Å²) in [6, 6.07) is 10.3. The molecule has 0 radical (unpaired) electrons. The maximum atomic E-state index is 12.1. The lowest BCUT2D eigenvalue weighted by Gasteiger charge is -2.06. The van der Waals surface area contributed by atoms with Gasteiger partial charge in [0, 0.05) is 18.5 Å². The molecule has 2 rings (SSSR count). The maximum Gasteiger partial charge on any atom is 0.270 e. The van der Waals surface area contributed by atoms with Crippen LogP contribution in [0.1, 0.15) is 22.6 Å². The van der Waals surface area contributed by atoms with E-state index in [2.05, 4.69) is 38.5 Å². The Bertz CT molecular complexity index is 613. The van der Waals surface area contributed by atoms with Gasteiger partial charge in [-0.05, 0) is 47.2 Å². The molecule has 1 aromatic carbocycles. The molecule has 1 heterocycles. The number of hydrogen-bond acceptors (Lipinski definition) is 3. The SMILES string of the molecule is Cc1nn(C)c(C(=O)NCCCSc2ccccc2)c1Br. The average Bonchev–Trinajstić information content (AvgIpc) is 2.73. The Morgan fingerprint density at radius 2 is 2.10 bits per heavy atom. The molecule has 0 saturated carbocycles. The standard InChI is InChI=1S/C15H18BrN3OS/c1-11-13(16)14(19(2)18-11)15(20)17-9-6-10-21-12-7-4-3-5-8-12/h3-5,7-8H,6,9-10H2,1-2H3,(H,17,20). The van der Waals surface area contributed by atoms with Gasteiger partial charge in [0.2, 0.25) is 0 Å². The number of amides is 1. The highest BCUT2D eigenvalue weighted by molar-refractivity contribution is 9.10. The Morgan fingerprint density at radius 1 is 1.38 bits per heavy atom. The van der Waals surface area contributed by atoms with Gasteiger partial charge in [-0.1, -0.05) is 18.2 Å². The predicted molar refractivity (Wildman–Crippen MR) is 89.8 cm³/mol. The van der Waals surface area contributed by atoms with Crippen LogP contribution in [0.4, 0.5) is 0 Å². The van der Waals surface area contributed by atoms with Crippen molar-refractivity contribution in [2.24, 2.45) is 7.05 Å². The number of carbonyl (C=O) groups excluding carboxylic acids is 1. The summed E-state index contributed by atoms with van der Waals surface area (Å²) in [6.07, 6.45) is 0.930. The molecule has 0 spiro atoms. The highest BCUT2D eigenvalue weighted by Crippen LogP contribution is 2.20. The number of nitrogens with zero attached hydrogens (tertiary/aromatic N) is 2. The van der Waals surface area contributed by atoms with E-state index in [1.54, 1.807) is 23.5 Å². The highest BCUT2D eigenvalue weighted by Gasteiger charge is 2.17. The third-order valence-electron chi connectivity index (χ3n) is 2.98. The second kappa shape index (κ2) is 7.66.